The van der Waals surface area contributed by atoms with Gasteiger partial charge in [0.2, 0.25) is 0 Å². The number of rotatable bonds is 4. The summed E-state index contributed by atoms with van der Waals surface area (Å²) in [6.07, 6.45) is 4.64. The number of hydrogen-bond acceptors (Lipinski definition) is 4. The maximum atomic E-state index is 11.7. The molecule has 0 spiro atoms. The van der Waals surface area contributed by atoms with Crippen LogP contribution in [0.2, 0.25) is 5.02 Å². The fraction of sp³-hybridized carbons (Fsp3) is 0.308. The highest BCUT2D eigenvalue weighted by Crippen LogP contribution is 2.16. The first-order valence-electron chi connectivity index (χ1n) is 6.37. The van der Waals surface area contributed by atoms with Crippen molar-refractivity contribution in [2.45, 2.75) is 25.3 Å². The molecule has 0 saturated carbocycles. The van der Waals surface area contributed by atoms with Gasteiger partial charge in [0.1, 0.15) is 0 Å². The summed E-state index contributed by atoms with van der Waals surface area (Å²) in [4.78, 5) is 11.7. The highest BCUT2D eigenvalue weighted by atomic mass is 35.5. The summed E-state index contributed by atoms with van der Waals surface area (Å²) in [7, 11) is 0. The van der Waals surface area contributed by atoms with Crippen molar-refractivity contribution in [3.8, 4) is 0 Å². The van der Waals surface area contributed by atoms with E-state index in [1.807, 2.05) is 6.08 Å². The molecule has 2 amide bonds. The van der Waals surface area contributed by atoms with Crippen LogP contribution in [0.4, 0.5) is 10.5 Å². The normalized spacial score (nSPS) is 18.1. The zero-order valence-electron chi connectivity index (χ0n) is 10.8. The molecule has 0 aliphatic heterocycles. The zero-order chi connectivity index (χ0) is 14.4. The molecule has 0 saturated heterocycles. The number of halogens is 1. The van der Waals surface area contributed by atoms with Crippen LogP contribution in [0, 0.1) is 0 Å². The van der Waals surface area contributed by atoms with Gasteiger partial charge >= 0.3 is 6.03 Å². The van der Waals surface area contributed by atoms with E-state index in [0.717, 1.165) is 19.3 Å². The lowest BCUT2D eigenvalue weighted by atomic mass is 10.0. The smallest absolute Gasteiger partial charge is 0.307 e. The number of benzene rings is 1. The van der Waals surface area contributed by atoms with Gasteiger partial charge in [0.05, 0.1) is 11.7 Å². The molecule has 7 heteroatoms. The van der Waals surface area contributed by atoms with Crippen molar-refractivity contribution < 1.29 is 10.0 Å². The third kappa shape index (κ3) is 4.12. The minimum atomic E-state index is -0.393. The van der Waals surface area contributed by atoms with E-state index < -0.39 is 6.03 Å². The molecular weight excluding hydrogens is 280 g/mol. The summed E-state index contributed by atoms with van der Waals surface area (Å²) in [5.74, 6) is 0. The highest BCUT2D eigenvalue weighted by Gasteiger charge is 2.17. The molecule has 108 valence electrons. The van der Waals surface area contributed by atoms with Crippen molar-refractivity contribution in [3.63, 3.8) is 0 Å². The quantitative estimate of drug-likeness (QED) is 0.552. The second kappa shape index (κ2) is 7.14. The third-order valence-electron chi connectivity index (χ3n) is 3.01. The summed E-state index contributed by atoms with van der Waals surface area (Å²) >= 11 is 5.83. The topological polar surface area (TPSA) is 85.4 Å². The predicted octanol–water partition coefficient (Wildman–Crippen LogP) is 2.38. The maximum absolute atomic E-state index is 11.7. The van der Waals surface area contributed by atoms with Crippen LogP contribution in [0.15, 0.2) is 36.0 Å². The van der Waals surface area contributed by atoms with Gasteiger partial charge in [-0.05, 0) is 37.5 Å². The average Bonchev–Trinajstić information content (AvgIpc) is 2.45. The minimum absolute atomic E-state index is 0.126. The first-order chi connectivity index (χ1) is 9.69. The molecule has 20 heavy (non-hydrogen) atoms. The molecule has 0 aromatic heterocycles. The number of hydrazine groups is 1. The van der Waals surface area contributed by atoms with Crippen LogP contribution >= 0.6 is 11.6 Å². The number of hydrogen-bond donors (Lipinski definition) is 5. The molecule has 2 rings (SSSR count). The van der Waals surface area contributed by atoms with Crippen molar-refractivity contribution in [1.82, 2.24) is 16.3 Å². The Bertz CT molecular complexity index is 507. The van der Waals surface area contributed by atoms with Crippen LogP contribution in [-0.4, -0.2) is 17.3 Å². The number of carbonyl (C=O) groups is 1. The maximum Gasteiger partial charge on any atom is 0.333 e. The predicted molar refractivity (Wildman–Crippen MR) is 77.4 cm³/mol. The fourth-order valence-corrected chi connectivity index (χ4v) is 2.22. The van der Waals surface area contributed by atoms with Crippen LogP contribution < -0.4 is 21.6 Å². The van der Waals surface area contributed by atoms with Gasteiger partial charge in [0, 0.05) is 10.7 Å². The second-order valence-corrected chi connectivity index (χ2v) is 4.93. The van der Waals surface area contributed by atoms with Crippen LogP contribution in [0.3, 0.4) is 0 Å². The second-order valence-electron chi connectivity index (χ2n) is 4.49. The van der Waals surface area contributed by atoms with E-state index >= 15 is 0 Å². The Labute approximate surface area is 122 Å². The third-order valence-corrected chi connectivity index (χ3v) is 3.24. The number of amides is 2. The molecule has 1 atom stereocenters. The number of anilines is 1. The molecule has 0 fully saturated rings. The monoisotopic (exact) mass is 296 g/mol. The first kappa shape index (κ1) is 14.6. The summed E-state index contributed by atoms with van der Waals surface area (Å²) in [5, 5.41) is 12.2. The van der Waals surface area contributed by atoms with Gasteiger partial charge in [-0.3, -0.25) is 16.1 Å². The van der Waals surface area contributed by atoms with Gasteiger partial charge in [-0.1, -0.05) is 23.7 Å². The van der Waals surface area contributed by atoms with E-state index in [1.165, 1.54) is 0 Å². The van der Waals surface area contributed by atoms with E-state index in [1.54, 1.807) is 24.3 Å². The Morgan fingerprint density at radius 2 is 2.25 bits per heavy atom. The van der Waals surface area contributed by atoms with Crippen molar-refractivity contribution >= 4 is 23.3 Å². The molecular formula is C13H17ClN4O2. The molecule has 0 unspecified atom stereocenters. The summed E-state index contributed by atoms with van der Waals surface area (Å²) in [6.45, 7) is 0. The molecule has 0 heterocycles. The Balaban J connectivity index is 1.83. The van der Waals surface area contributed by atoms with Crippen LogP contribution in [-0.2, 0) is 0 Å². The Morgan fingerprint density at radius 3 is 3.00 bits per heavy atom. The minimum Gasteiger partial charge on any atom is -0.307 e. The van der Waals surface area contributed by atoms with Crippen molar-refractivity contribution in [2.24, 2.45) is 0 Å². The largest absolute Gasteiger partial charge is 0.333 e. The molecule has 1 aromatic carbocycles. The number of nitrogens with one attached hydrogen (secondary N) is 4. The summed E-state index contributed by atoms with van der Waals surface area (Å²) < 4.78 is 0. The lowest BCUT2D eigenvalue weighted by Crippen LogP contribution is -2.49. The number of allylic oxidation sites excluding steroid dienone is 1. The van der Waals surface area contributed by atoms with Crippen LogP contribution in [0.5, 0.6) is 0 Å². The SMILES string of the molecule is O=C(NN[C@H]1CCCC=C1NO)Nc1cccc(Cl)c1. The zero-order valence-corrected chi connectivity index (χ0v) is 11.6. The van der Waals surface area contributed by atoms with Gasteiger partial charge in [-0.15, -0.1) is 0 Å². The average molecular weight is 297 g/mol. The van der Waals surface area contributed by atoms with Gasteiger partial charge in [-0.2, -0.15) is 0 Å². The summed E-state index contributed by atoms with van der Waals surface area (Å²) in [6, 6.07) is 6.36. The van der Waals surface area contributed by atoms with E-state index in [-0.39, 0.29) is 6.04 Å². The number of urea groups is 1. The number of carbonyl (C=O) groups excluding carboxylic acids is 1. The van der Waals surface area contributed by atoms with Gasteiger partial charge in [0.25, 0.3) is 0 Å². The summed E-state index contributed by atoms with van der Waals surface area (Å²) in [5.41, 5.74) is 8.84. The molecule has 1 aliphatic rings. The molecule has 5 N–H and O–H groups in total. The van der Waals surface area contributed by atoms with Gasteiger partial charge in [-0.25, -0.2) is 10.2 Å². The van der Waals surface area contributed by atoms with Crippen molar-refractivity contribution in [2.75, 3.05) is 5.32 Å². The number of hydroxylamine groups is 1. The van der Waals surface area contributed by atoms with E-state index in [0.29, 0.717) is 16.4 Å². The standard InChI is InChI=1S/C13H17ClN4O2/c14-9-4-3-5-10(8-9)15-13(19)17-16-11-6-1-2-7-12(11)18-20/h3-5,7-8,11,16,18,20H,1-2,6H2,(H2,15,17,19)/t11-/m0/s1. The lowest BCUT2D eigenvalue weighted by Gasteiger charge is -2.24. The van der Waals surface area contributed by atoms with E-state index in [4.69, 9.17) is 16.8 Å². The van der Waals surface area contributed by atoms with Gasteiger partial charge in [0.15, 0.2) is 0 Å². The van der Waals surface area contributed by atoms with E-state index in [2.05, 4.69) is 21.6 Å². The first-order valence-corrected chi connectivity index (χ1v) is 6.75. The molecule has 6 nitrogen and oxygen atoms in total. The molecule has 0 bridgehead atoms. The van der Waals surface area contributed by atoms with E-state index in [9.17, 15) is 4.79 Å². The van der Waals surface area contributed by atoms with Crippen LogP contribution in [0.1, 0.15) is 19.3 Å². The van der Waals surface area contributed by atoms with Crippen molar-refractivity contribution in [1.29, 1.82) is 0 Å². The Kier molecular flexibility index (Phi) is 5.23. The fourth-order valence-electron chi connectivity index (χ4n) is 2.03. The Hall–Kier alpha value is -1.76. The Morgan fingerprint density at radius 1 is 1.40 bits per heavy atom. The van der Waals surface area contributed by atoms with Gasteiger partial charge < -0.3 is 5.32 Å². The highest BCUT2D eigenvalue weighted by molar-refractivity contribution is 6.30. The van der Waals surface area contributed by atoms with Crippen LogP contribution in [0.25, 0.3) is 0 Å². The molecule has 0 radical (unpaired) electrons. The van der Waals surface area contributed by atoms with Crippen molar-refractivity contribution in [3.05, 3.63) is 41.1 Å². The molecule has 1 aromatic rings. The molecule has 1 aliphatic carbocycles. The lowest BCUT2D eigenvalue weighted by molar-refractivity contribution is 0.181.